The molecule has 1 heterocycles. The summed E-state index contributed by atoms with van der Waals surface area (Å²) in [5, 5.41) is 14.2. The minimum atomic E-state index is -0.000519. The first-order chi connectivity index (χ1) is 6.75. The fourth-order valence-electron chi connectivity index (χ4n) is 1.18. The number of nitrogens with zero attached hydrogens (tertiary/aromatic N) is 1. The molecule has 1 amide bonds. The second-order valence-corrected chi connectivity index (χ2v) is 3.35. The standard InChI is InChI=1S/C10H15N3O/c1-8(9-6-12-7-9)10(14)13-5-3-2-4-11/h12H,2-3,5-7H2,1H3,(H,13,14). The summed E-state index contributed by atoms with van der Waals surface area (Å²) in [4.78, 5) is 11.5. The summed E-state index contributed by atoms with van der Waals surface area (Å²) in [6.45, 7) is 4.09. The van der Waals surface area contributed by atoms with Gasteiger partial charge in [0.05, 0.1) is 6.07 Å². The van der Waals surface area contributed by atoms with Crippen molar-refractivity contribution in [2.24, 2.45) is 0 Å². The molecule has 0 atom stereocenters. The second-order valence-electron chi connectivity index (χ2n) is 3.35. The normalized spacial score (nSPS) is 14.1. The van der Waals surface area contributed by atoms with Crippen molar-refractivity contribution in [1.29, 1.82) is 5.26 Å². The average molecular weight is 193 g/mol. The number of hydrogen-bond acceptors (Lipinski definition) is 3. The maximum Gasteiger partial charge on any atom is 0.246 e. The van der Waals surface area contributed by atoms with Crippen LogP contribution in [0.15, 0.2) is 11.1 Å². The highest BCUT2D eigenvalue weighted by atomic mass is 16.1. The Balaban J connectivity index is 2.25. The third-order valence-electron chi connectivity index (χ3n) is 2.30. The molecule has 1 rings (SSSR count). The molecular formula is C10H15N3O. The highest BCUT2D eigenvalue weighted by Gasteiger charge is 2.15. The van der Waals surface area contributed by atoms with Crippen LogP contribution in [0.25, 0.3) is 0 Å². The Bertz CT molecular complexity index is 282. The van der Waals surface area contributed by atoms with Crippen LogP contribution in [0.5, 0.6) is 0 Å². The maximum atomic E-state index is 11.5. The van der Waals surface area contributed by atoms with Crippen molar-refractivity contribution in [1.82, 2.24) is 10.6 Å². The molecule has 4 nitrogen and oxygen atoms in total. The molecule has 0 aromatic heterocycles. The molecule has 4 heteroatoms. The Morgan fingerprint density at radius 2 is 2.36 bits per heavy atom. The minimum Gasteiger partial charge on any atom is -0.352 e. The molecular weight excluding hydrogens is 178 g/mol. The van der Waals surface area contributed by atoms with Gasteiger partial charge in [0.2, 0.25) is 5.91 Å². The summed E-state index contributed by atoms with van der Waals surface area (Å²) in [6, 6.07) is 2.04. The van der Waals surface area contributed by atoms with E-state index < -0.39 is 0 Å². The molecule has 1 fully saturated rings. The molecule has 0 aromatic carbocycles. The Hall–Kier alpha value is -1.34. The molecule has 1 aliphatic heterocycles. The predicted molar refractivity (Wildman–Crippen MR) is 53.4 cm³/mol. The van der Waals surface area contributed by atoms with E-state index >= 15 is 0 Å². The van der Waals surface area contributed by atoms with Crippen molar-refractivity contribution in [3.8, 4) is 6.07 Å². The van der Waals surface area contributed by atoms with E-state index in [4.69, 9.17) is 5.26 Å². The Morgan fingerprint density at radius 3 is 2.86 bits per heavy atom. The summed E-state index contributed by atoms with van der Waals surface area (Å²) < 4.78 is 0. The minimum absolute atomic E-state index is 0.000519. The lowest BCUT2D eigenvalue weighted by Crippen LogP contribution is -2.37. The molecule has 0 bridgehead atoms. The first-order valence-electron chi connectivity index (χ1n) is 4.80. The number of amides is 1. The first kappa shape index (κ1) is 10.7. The van der Waals surface area contributed by atoms with Crippen molar-refractivity contribution in [3.63, 3.8) is 0 Å². The molecule has 0 spiro atoms. The van der Waals surface area contributed by atoms with Gasteiger partial charge in [-0.2, -0.15) is 5.26 Å². The van der Waals surface area contributed by atoms with Crippen LogP contribution in [-0.4, -0.2) is 25.5 Å². The second kappa shape index (κ2) is 5.40. The quantitative estimate of drug-likeness (QED) is 0.499. The lowest BCUT2D eigenvalue weighted by Gasteiger charge is -2.21. The SMILES string of the molecule is CC(C(=O)NCCCC#N)=C1CNC1. The van der Waals surface area contributed by atoms with Crippen LogP contribution < -0.4 is 10.6 Å². The summed E-state index contributed by atoms with van der Waals surface area (Å²) in [5.74, 6) is -0.000519. The monoisotopic (exact) mass is 193 g/mol. The van der Waals surface area contributed by atoms with Gasteiger partial charge >= 0.3 is 0 Å². The summed E-state index contributed by atoms with van der Waals surface area (Å²) >= 11 is 0. The van der Waals surface area contributed by atoms with Crippen molar-refractivity contribution >= 4 is 5.91 Å². The third kappa shape index (κ3) is 2.86. The number of carbonyl (C=O) groups is 1. The highest BCUT2D eigenvalue weighted by molar-refractivity contribution is 5.93. The van der Waals surface area contributed by atoms with Gasteiger partial charge in [-0.1, -0.05) is 0 Å². The Labute approximate surface area is 84.0 Å². The zero-order valence-corrected chi connectivity index (χ0v) is 8.39. The fourth-order valence-corrected chi connectivity index (χ4v) is 1.18. The van der Waals surface area contributed by atoms with E-state index in [-0.39, 0.29) is 5.91 Å². The molecule has 14 heavy (non-hydrogen) atoms. The van der Waals surface area contributed by atoms with Crippen LogP contribution in [0.1, 0.15) is 19.8 Å². The zero-order valence-electron chi connectivity index (χ0n) is 8.39. The predicted octanol–water partition coefficient (Wildman–Crippen LogP) is 0.326. The third-order valence-corrected chi connectivity index (χ3v) is 2.30. The van der Waals surface area contributed by atoms with Gasteiger partial charge in [0.15, 0.2) is 0 Å². The Kier molecular flexibility index (Phi) is 4.14. The molecule has 0 radical (unpaired) electrons. The van der Waals surface area contributed by atoms with Crippen LogP contribution in [0.4, 0.5) is 0 Å². The van der Waals surface area contributed by atoms with Crippen molar-refractivity contribution in [2.45, 2.75) is 19.8 Å². The lowest BCUT2D eigenvalue weighted by atomic mass is 10.0. The van der Waals surface area contributed by atoms with E-state index in [2.05, 4.69) is 10.6 Å². The smallest absolute Gasteiger partial charge is 0.246 e. The van der Waals surface area contributed by atoms with E-state index in [1.807, 2.05) is 13.0 Å². The summed E-state index contributed by atoms with van der Waals surface area (Å²) in [6.07, 6.45) is 1.22. The highest BCUT2D eigenvalue weighted by Crippen LogP contribution is 2.08. The number of rotatable bonds is 4. The molecule has 1 saturated heterocycles. The van der Waals surface area contributed by atoms with E-state index in [0.717, 1.165) is 25.1 Å². The van der Waals surface area contributed by atoms with Gasteiger partial charge in [-0.05, 0) is 18.9 Å². The van der Waals surface area contributed by atoms with Gasteiger partial charge in [0.1, 0.15) is 0 Å². The summed E-state index contributed by atoms with van der Waals surface area (Å²) in [7, 11) is 0. The van der Waals surface area contributed by atoms with Crippen molar-refractivity contribution in [2.75, 3.05) is 19.6 Å². The number of carbonyl (C=O) groups excluding carboxylic acids is 1. The van der Waals surface area contributed by atoms with Crippen LogP contribution in [0.2, 0.25) is 0 Å². The molecule has 0 saturated carbocycles. The maximum absolute atomic E-state index is 11.5. The number of hydrogen-bond donors (Lipinski definition) is 2. The fraction of sp³-hybridized carbons (Fsp3) is 0.600. The van der Waals surface area contributed by atoms with Crippen LogP contribution in [0.3, 0.4) is 0 Å². The first-order valence-corrected chi connectivity index (χ1v) is 4.80. The van der Waals surface area contributed by atoms with Gasteiger partial charge in [0, 0.05) is 31.6 Å². The molecule has 0 unspecified atom stereocenters. The van der Waals surface area contributed by atoms with Crippen molar-refractivity contribution < 1.29 is 4.79 Å². The Morgan fingerprint density at radius 1 is 1.64 bits per heavy atom. The largest absolute Gasteiger partial charge is 0.352 e. The zero-order chi connectivity index (χ0) is 10.4. The van der Waals surface area contributed by atoms with Gasteiger partial charge in [-0.3, -0.25) is 4.79 Å². The van der Waals surface area contributed by atoms with E-state index in [0.29, 0.717) is 13.0 Å². The van der Waals surface area contributed by atoms with E-state index in [1.165, 1.54) is 5.57 Å². The van der Waals surface area contributed by atoms with Crippen LogP contribution in [0, 0.1) is 11.3 Å². The molecule has 76 valence electrons. The van der Waals surface area contributed by atoms with Gasteiger partial charge < -0.3 is 10.6 Å². The molecule has 0 aromatic rings. The van der Waals surface area contributed by atoms with Gasteiger partial charge in [-0.15, -0.1) is 0 Å². The molecule has 2 N–H and O–H groups in total. The van der Waals surface area contributed by atoms with Crippen LogP contribution in [-0.2, 0) is 4.79 Å². The molecule has 1 aliphatic rings. The number of nitriles is 1. The van der Waals surface area contributed by atoms with Gasteiger partial charge in [0.25, 0.3) is 0 Å². The van der Waals surface area contributed by atoms with Crippen molar-refractivity contribution in [3.05, 3.63) is 11.1 Å². The number of unbranched alkanes of at least 4 members (excludes halogenated alkanes) is 1. The van der Waals surface area contributed by atoms with E-state index in [1.54, 1.807) is 0 Å². The van der Waals surface area contributed by atoms with E-state index in [9.17, 15) is 4.79 Å². The summed E-state index contributed by atoms with van der Waals surface area (Å²) in [5.41, 5.74) is 2.00. The number of nitrogens with one attached hydrogen (secondary N) is 2. The topological polar surface area (TPSA) is 64.9 Å². The van der Waals surface area contributed by atoms with Crippen LogP contribution >= 0.6 is 0 Å². The lowest BCUT2D eigenvalue weighted by molar-refractivity contribution is -0.117. The average Bonchev–Trinajstić information content (AvgIpc) is 2.09. The molecule has 0 aliphatic carbocycles. The van der Waals surface area contributed by atoms with Gasteiger partial charge in [-0.25, -0.2) is 0 Å².